The number of nitrogens with two attached hydrogens (primary N) is 1. The van der Waals surface area contributed by atoms with E-state index in [1.807, 2.05) is 6.92 Å². The third-order valence-electron chi connectivity index (χ3n) is 2.34. The molecule has 0 aliphatic carbocycles. The van der Waals surface area contributed by atoms with E-state index in [0.717, 1.165) is 5.56 Å². The van der Waals surface area contributed by atoms with Crippen molar-refractivity contribution in [2.75, 3.05) is 20.0 Å². The maximum atomic E-state index is 11.9. The number of hydrogen-bond acceptors (Lipinski definition) is 2. The Balaban J connectivity index is 3.21. The van der Waals surface area contributed by atoms with Crippen LogP contribution < -0.4 is 5.73 Å². The molecule has 17 heavy (non-hydrogen) atoms. The molecule has 1 aromatic carbocycles. The molecule has 0 spiro atoms. The monoisotopic (exact) mass is 253 g/mol. The molecular formula is C12H16ClN3O. The highest BCUT2D eigenvalue weighted by molar-refractivity contribution is 6.28. The van der Waals surface area contributed by atoms with Crippen molar-refractivity contribution in [2.24, 2.45) is 10.7 Å². The molecule has 92 valence electrons. The molecule has 1 rings (SSSR count). The van der Waals surface area contributed by atoms with Crippen molar-refractivity contribution in [1.82, 2.24) is 4.90 Å². The number of carbonyl (C=O) groups excluding carboxylic acids is 1. The van der Waals surface area contributed by atoms with Crippen LogP contribution in [0.25, 0.3) is 0 Å². The van der Waals surface area contributed by atoms with Crippen LogP contribution in [-0.2, 0) is 0 Å². The minimum atomic E-state index is -0.0519. The lowest BCUT2D eigenvalue weighted by atomic mass is 10.1. The molecule has 2 N–H and O–H groups in total. The van der Waals surface area contributed by atoms with Crippen LogP contribution in [0.3, 0.4) is 0 Å². The Labute approximate surface area is 106 Å². The van der Waals surface area contributed by atoms with E-state index in [1.165, 1.54) is 4.90 Å². The van der Waals surface area contributed by atoms with Crippen molar-refractivity contribution in [3.05, 3.63) is 29.3 Å². The van der Waals surface area contributed by atoms with Crippen LogP contribution in [0.4, 0.5) is 5.69 Å². The standard InChI is InChI=1S/C12H16ClN3O/c1-8-9(12(17)16(2)3)5-4-6-10(8)15-11(14)7-13/h4-6H,7H2,1-3H3,(H2,14,15). The first kappa shape index (κ1) is 13.5. The van der Waals surface area contributed by atoms with E-state index in [4.69, 9.17) is 17.3 Å². The summed E-state index contributed by atoms with van der Waals surface area (Å²) in [4.78, 5) is 17.6. The van der Waals surface area contributed by atoms with Crippen LogP contribution in [-0.4, -0.2) is 36.6 Å². The molecule has 0 saturated heterocycles. The van der Waals surface area contributed by atoms with Gasteiger partial charge in [0.2, 0.25) is 0 Å². The highest BCUT2D eigenvalue weighted by atomic mass is 35.5. The van der Waals surface area contributed by atoms with Gasteiger partial charge in [-0.1, -0.05) is 6.07 Å². The van der Waals surface area contributed by atoms with Crippen molar-refractivity contribution in [1.29, 1.82) is 0 Å². The Bertz CT molecular complexity index is 455. The minimum Gasteiger partial charge on any atom is -0.386 e. The fourth-order valence-electron chi connectivity index (χ4n) is 1.40. The number of aliphatic imine (C=N–C) groups is 1. The number of benzene rings is 1. The first-order chi connectivity index (χ1) is 7.97. The van der Waals surface area contributed by atoms with E-state index >= 15 is 0 Å². The average Bonchev–Trinajstić information content (AvgIpc) is 2.30. The minimum absolute atomic E-state index is 0.0519. The van der Waals surface area contributed by atoms with Gasteiger partial charge in [-0.3, -0.25) is 4.79 Å². The molecule has 0 fully saturated rings. The normalized spacial score (nSPS) is 11.4. The van der Waals surface area contributed by atoms with Crippen molar-refractivity contribution in [3.63, 3.8) is 0 Å². The van der Waals surface area contributed by atoms with Gasteiger partial charge < -0.3 is 10.6 Å². The fraction of sp³-hybridized carbons (Fsp3) is 0.333. The van der Waals surface area contributed by atoms with Crippen molar-refractivity contribution < 1.29 is 4.79 Å². The molecule has 0 aliphatic rings. The van der Waals surface area contributed by atoms with Gasteiger partial charge in [0.25, 0.3) is 5.91 Å². The molecule has 0 atom stereocenters. The molecule has 0 bridgehead atoms. The number of hydrogen-bond donors (Lipinski definition) is 1. The van der Waals surface area contributed by atoms with Crippen LogP contribution in [0.2, 0.25) is 0 Å². The average molecular weight is 254 g/mol. The zero-order valence-electron chi connectivity index (χ0n) is 10.2. The second-order valence-corrected chi connectivity index (χ2v) is 4.15. The van der Waals surface area contributed by atoms with Gasteiger partial charge in [0.15, 0.2) is 0 Å². The molecule has 0 aromatic heterocycles. The van der Waals surface area contributed by atoms with Crippen molar-refractivity contribution >= 4 is 29.0 Å². The predicted octanol–water partition coefficient (Wildman–Crippen LogP) is 1.92. The summed E-state index contributed by atoms with van der Waals surface area (Å²) >= 11 is 5.58. The van der Waals surface area contributed by atoms with E-state index in [-0.39, 0.29) is 11.8 Å². The summed E-state index contributed by atoms with van der Waals surface area (Å²) < 4.78 is 0. The van der Waals surface area contributed by atoms with Crippen molar-refractivity contribution in [3.8, 4) is 0 Å². The van der Waals surface area contributed by atoms with Gasteiger partial charge in [-0.2, -0.15) is 0 Å². The van der Waals surface area contributed by atoms with Gasteiger partial charge in [0, 0.05) is 19.7 Å². The first-order valence-corrected chi connectivity index (χ1v) is 5.71. The Morgan fingerprint density at radius 2 is 2.12 bits per heavy atom. The lowest BCUT2D eigenvalue weighted by molar-refractivity contribution is 0.0827. The highest BCUT2D eigenvalue weighted by Gasteiger charge is 2.12. The summed E-state index contributed by atoms with van der Waals surface area (Å²) in [6, 6.07) is 5.36. The second kappa shape index (κ2) is 5.68. The quantitative estimate of drug-likeness (QED) is 0.508. The van der Waals surface area contributed by atoms with Gasteiger partial charge in [0.1, 0.15) is 5.84 Å². The summed E-state index contributed by atoms with van der Waals surface area (Å²) in [5.74, 6) is 0.457. The zero-order valence-corrected chi connectivity index (χ0v) is 11.0. The number of amidine groups is 1. The van der Waals surface area contributed by atoms with E-state index in [2.05, 4.69) is 4.99 Å². The smallest absolute Gasteiger partial charge is 0.253 e. The number of halogens is 1. The lowest BCUT2D eigenvalue weighted by Crippen LogP contribution is -2.22. The third kappa shape index (κ3) is 3.20. The second-order valence-electron chi connectivity index (χ2n) is 3.89. The molecule has 0 aliphatic heterocycles. The summed E-state index contributed by atoms with van der Waals surface area (Å²) in [6.07, 6.45) is 0. The van der Waals surface area contributed by atoms with E-state index < -0.39 is 0 Å². The number of carbonyl (C=O) groups is 1. The SMILES string of the molecule is Cc1c(N=C(N)CCl)cccc1C(=O)N(C)C. The molecule has 1 amide bonds. The Morgan fingerprint density at radius 3 is 2.65 bits per heavy atom. The van der Waals surface area contributed by atoms with E-state index in [0.29, 0.717) is 17.1 Å². The van der Waals surface area contributed by atoms with Crippen molar-refractivity contribution in [2.45, 2.75) is 6.92 Å². The van der Waals surface area contributed by atoms with Crippen LogP contribution in [0.1, 0.15) is 15.9 Å². The summed E-state index contributed by atoms with van der Waals surface area (Å²) in [5.41, 5.74) is 7.69. The summed E-state index contributed by atoms with van der Waals surface area (Å²) in [7, 11) is 3.43. The number of nitrogens with zero attached hydrogens (tertiary/aromatic N) is 2. The zero-order chi connectivity index (χ0) is 13.0. The Kier molecular flexibility index (Phi) is 4.52. The maximum absolute atomic E-state index is 11.9. The summed E-state index contributed by atoms with van der Waals surface area (Å²) in [5, 5.41) is 0. The third-order valence-corrected chi connectivity index (χ3v) is 2.62. The Hall–Kier alpha value is -1.55. The topological polar surface area (TPSA) is 58.7 Å². The van der Waals surface area contributed by atoms with E-state index in [1.54, 1.807) is 32.3 Å². The molecule has 1 aromatic rings. The highest BCUT2D eigenvalue weighted by Crippen LogP contribution is 2.22. The van der Waals surface area contributed by atoms with Crippen LogP contribution in [0.15, 0.2) is 23.2 Å². The molecule has 0 heterocycles. The molecule has 0 radical (unpaired) electrons. The molecule has 4 nitrogen and oxygen atoms in total. The molecule has 0 unspecified atom stereocenters. The summed E-state index contributed by atoms with van der Waals surface area (Å²) in [6.45, 7) is 1.84. The number of rotatable bonds is 3. The Morgan fingerprint density at radius 1 is 1.47 bits per heavy atom. The molecule has 0 saturated carbocycles. The largest absolute Gasteiger partial charge is 0.386 e. The van der Waals surface area contributed by atoms with Crippen LogP contribution in [0, 0.1) is 6.92 Å². The van der Waals surface area contributed by atoms with Gasteiger partial charge in [0.05, 0.1) is 11.6 Å². The fourth-order valence-corrected chi connectivity index (χ4v) is 1.46. The van der Waals surface area contributed by atoms with Gasteiger partial charge in [-0.15, -0.1) is 11.6 Å². The molecular weight excluding hydrogens is 238 g/mol. The van der Waals surface area contributed by atoms with Crippen LogP contribution >= 0.6 is 11.6 Å². The first-order valence-electron chi connectivity index (χ1n) is 5.17. The van der Waals surface area contributed by atoms with Gasteiger partial charge in [-0.25, -0.2) is 4.99 Å². The number of alkyl halides is 1. The molecule has 5 heteroatoms. The van der Waals surface area contributed by atoms with Gasteiger partial charge >= 0.3 is 0 Å². The lowest BCUT2D eigenvalue weighted by Gasteiger charge is -2.13. The van der Waals surface area contributed by atoms with E-state index in [9.17, 15) is 4.79 Å². The number of amides is 1. The van der Waals surface area contributed by atoms with Gasteiger partial charge in [-0.05, 0) is 24.6 Å². The maximum Gasteiger partial charge on any atom is 0.253 e. The van der Waals surface area contributed by atoms with Crippen LogP contribution in [0.5, 0.6) is 0 Å². The predicted molar refractivity (Wildman–Crippen MR) is 71.2 cm³/mol.